The van der Waals surface area contributed by atoms with E-state index in [9.17, 15) is 0 Å². The Hall–Kier alpha value is -1.55. The third-order valence-electron chi connectivity index (χ3n) is 2.69. The Morgan fingerprint density at radius 2 is 2.31 bits per heavy atom. The molecule has 0 spiro atoms. The second kappa shape index (κ2) is 4.53. The van der Waals surface area contributed by atoms with Gasteiger partial charge in [0.1, 0.15) is 11.8 Å². The van der Waals surface area contributed by atoms with Crippen molar-refractivity contribution >= 4 is 0 Å². The minimum Gasteiger partial charge on any atom is -0.467 e. The van der Waals surface area contributed by atoms with Gasteiger partial charge in [-0.2, -0.15) is 5.10 Å². The summed E-state index contributed by atoms with van der Waals surface area (Å²) >= 11 is 0. The summed E-state index contributed by atoms with van der Waals surface area (Å²) < 4.78 is 7.35. The molecule has 4 heteroatoms. The zero-order chi connectivity index (χ0) is 11.5. The van der Waals surface area contributed by atoms with Crippen LogP contribution >= 0.6 is 0 Å². The van der Waals surface area contributed by atoms with E-state index in [0.29, 0.717) is 0 Å². The lowest BCUT2D eigenvalue weighted by atomic mass is 10.1. The lowest BCUT2D eigenvalue weighted by Gasteiger charge is -2.12. The summed E-state index contributed by atoms with van der Waals surface area (Å²) in [5, 5.41) is 4.26. The van der Waals surface area contributed by atoms with E-state index in [2.05, 4.69) is 12.0 Å². The molecule has 2 aromatic rings. The van der Waals surface area contributed by atoms with Crippen molar-refractivity contribution in [2.24, 2.45) is 5.73 Å². The number of aromatic nitrogens is 2. The van der Waals surface area contributed by atoms with Crippen LogP contribution in [0.15, 0.2) is 29.0 Å². The summed E-state index contributed by atoms with van der Waals surface area (Å²) in [6.07, 6.45) is 4.49. The van der Waals surface area contributed by atoms with Crippen molar-refractivity contribution < 1.29 is 4.42 Å². The van der Waals surface area contributed by atoms with Gasteiger partial charge in [-0.3, -0.25) is 4.68 Å². The summed E-state index contributed by atoms with van der Waals surface area (Å²) in [4.78, 5) is 0. The van der Waals surface area contributed by atoms with E-state index in [1.165, 1.54) is 0 Å². The van der Waals surface area contributed by atoms with Crippen LogP contribution in [-0.4, -0.2) is 9.78 Å². The lowest BCUT2D eigenvalue weighted by molar-refractivity contribution is 0.466. The van der Waals surface area contributed by atoms with Crippen LogP contribution in [0.5, 0.6) is 0 Å². The Morgan fingerprint density at radius 3 is 2.94 bits per heavy atom. The van der Waals surface area contributed by atoms with Crippen LogP contribution in [0.2, 0.25) is 0 Å². The number of rotatable bonds is 4. The Balaban J connectivity index is 2.30. The van der Waals surface area contributed by atoms with Crippen LogP contribution < -0.4 is 5.73 Å². The number of nitrogens with two attached hydrogens (primary N) is 1. The van der Waals surface area contributed by atoms with Gasteiger partial charge in [-0.15, -0.1) is 0 Å². The second-order valence-corrected chi connectivity index (χ2v) is 3.92. The maximum atomic E-state index is 6.18. The first-order valence-electron chi connectivity index (χ1n) is 5.55. The molecule has 0 aromatic carbocycles. The summed E-state index contributed by atoms with van der Waals surface area (Å²) in [5.41, 5.74) is 8.26. The van der Waals surface area contributed by atoms with E-state index in [1.54, 1.807) is 12.5 Å². The van der Waals surface area contributed by atoms with Gasteiger partial charge in [0.15, 0.2) is 0 Å². The van der Waals surface area contributed by atoms with Gasteiger partial charge in [0.25, 0.3) is 0 Å². The molecule has 0 radical (unpaired) electrons. The number of furan rings is 1. The zero-order valence-corrected chi connectivity index (χ0v) is 9.68. The van der Waals surface area contributed by atoms with Gasteiger partial charge in [-0.05, 0) is 31.0 Å². The third-order valence-corrected chi connectivity index (χ3v) is 2.69. The first-order valence-corrected chi connectivity index (χ1v) is 5.55. The Labute approximate surface area is 95.1 Å². The van der Waals surface area contributed by atoms with E-state index in [0.717, 1.165) is 30.0 Å². The highest BCUT2D eigenvalue weighted by Gasteiger charge is 2.18. The normalized spacial score (nSPS) is 12.9. The highest BCUT2D eigenvalue weighted by Crippen LogP contribution is 2.23. The molecule has 4 nitrogen and oxygen atoms in total. The first kappa shape index (κ1) is 11.0. The van der Waals surface area contributed by atoms with Crippen LogP contribution in [0.1, 0.15) is 36.4 Å². The molecule has 2 rings (SSSR count). The van der Waals surface area contributed by atoms with Crippen LogP contribution in [0.25, 0.3) is 0 Å². The van der Waals surface area contributed by atoms with Crippen molar-refractivity contribution in [3.05, 3.63) is 41.6 Å². The molecular formula is C12H17N3O. The van der Waals surface area contributed by atoms with E-state index < -0.39 is 0 Å². The van der Waals surface area contributed by atoms with E-state index in [4.69, 9.17) is 10.2 Å². The minimum atomic E-state index is -0.232. The molecule has 1 atom stereocenters. The fraction of sp³-hybridized carbons (Fsp3) is 0.417. The third kappa shape index (κ3) is 1.88. The molecule has 0 aliphatic heterocycles. The van der Waals surface area contributed by atoms with Crippen LogP contribution in [0, 0.1) is 6.92 Å². The molecule has 0 saturated heterocycles. The van der Waals surface area contributed by atoms with Crippen molar-refractivity contribution in [1.82, 2.24) is 9.78 Å². The molecule has 0 saturated carbocycles. The molecule has 0 amide bonds. The maximum absolute atomic E-state index is 6.18. The van der Waals surface area contributed by atoms with Gasteiger partial charge in [0, 0.05) is 12.7 Å². The van der Waals surface area contributed by atoms with Crippen molar-refractivity contribution in [3.63, 3.8) is 0 Å². The van der Waals surface area contributed by atoms with Gasteiger partial charge in [0.05, 0.1) is 12.0 Å². The molecule has 0 fully saturated rings. The van der Waals surface area contributed by atoms with Crippen molar-refractivity contribution in [2.75, 3.05) is 0 Å². The lowest BCUT2D eigenvalue weighted by Crippen LogP contribution is -2.17. The molecule has 1 unspecified atom stereocenters. The first-order chi connectivity index (χ1) is 7.74. The molecule has 2 aromatic heterocycles. The van der Waals surface area contributed by atoms with Crippen LogP contribution in [-0.2, 0) is 6.54 Å². The Kier molecular flexibility index (Phi) is 3.10. The molecule has 2 heterocycles. The molecule has 0 aliphatic carbocycles. The molecule has 0 aliphatic rings. The molecule has 0 bridgehead atoms. The Bertz CT molecular complexity index is 458. The molecule has 2 N–H and O–H groups in total. The van der Waals surface area contributed by atoms with Crippen molar-refractivity contribution in [3.8, 4) is 0 Å². The molecular weight excluding hydrogens is 202 g/mol. The molecule has 86 valence electrons. The van der Waals surface area contributed by atoms with Gasteiger partial charge in [0.2, 0.25) is 0 Å². The van der Waals surface area contributed by atoms with Gasteiger partial charge < -0.3 is 10.2 Å². The number of aryl methyl sites for hydroxylation is 2. The van der Waals surface area contributed by atoms with E-state index in [-0.39, 0.29) is 6.04 Å². The SMILES string of the molecule is CCCn1nccc1C(N)c1occc1C. The van der Waals surface area contributed by atoms with E-state index >= 15 is 0 Å². The van der Waals surface area contributed by atoms with Crippen LogP contribution in [0.3, 0.4) is 0 Å². The summed E-state index contributed by atoms with van der Waals surface area (Å²) in [5.74, 6) is 0.817. The summed E-state index contributed by atoms with van der Waals surface area (Å²) in [6, 6.07) is 3.64. The fourth-order valence-electron chi connectivity index (χ4n) is 1.84. The topological polar surface area (TPSA) is 57.0 Å². The number of nitrogens with zero attached hydrogens (tertiary/aromatic N) is 2. The smallest absolute Gasteiger partial charge is 0.129 e. The quantitative estimate of drug-likeness (QED) is 0.858. The number of hydrogen-bond donors (Lipinski definition) is 1. The largest absolute Gasteiger partial charge is 0.467 e. The minimum absolute atomic E-state index is 0.232. The zero-order valence-electron chi connectivity index (χ0n) is 9.68. The monoisotopic (exact) mass is 219 g/mol. The highest BCUT2D eigenvalue weighted by atomic mass is 16.3. The maximum Gasteiger partial charge on any atom is 0.129 e. The van der Waals surface area contributed by atoms with Gasteiger partial charge in [-0.1, -0.05) is 6.92 Å². The second-order valence-electron chi connectivity index (χ2n) is 3.92. The van der Waals surface area contributed by atoms with E-state index in [1.807, 2.05) is 23.7 Å². The van der Waals surface area contributed by atoms with Gasteiger partial charge >= 0.3 is 0 Å². The predicted molar refractivity (Wildman–Crippen MR) is 62.0 cm³/mol. The standard InChI is InChI=1S/C12H17N3O/c1-3-7-15-10(4-6-14-15)11(13)12-9(2)5-8-16-12/h4-6,8,11H,3,7,13H2,1-2H3. The predicted octanol–water partition coefficient (Wildman–Crippen LogP) is 2.24. The van der Waals surface area contributed by atoms with Crippen molar-refractivity contribution in [2.45, 2.75) is 32.9 Å². The van der Waals surface area contributed by atoms with Gasteiger partial charge in [-0.25, -0.2) is 0 Å². The Morgan fingerprint density at radius 1 is 1.50 bits per heavy atom. The average molecular weight is 219 g/mol. The average Bonchev–Trinajstić information content (AvgIpc) is 2.87. The summed E-state index contributed by atoms with van der Waals surface area (Å²) in [7, 11) is 0. The fourth-order valence-corrected chi connectivity index (χ4v) is 1.84. The molecule has 16 heavy (non-hydrogen) atoms. The van der Waals surface area contributed by atoms with Crippen LogP contribution in [0.4, 0.5) is 0 Å². The number of hydrogen-bond acceptors (Lipinski definition) is 3. The van der Waals surface area contributed by atoms with Crippen molar-refractivity contribution in [1.29, 1.82) is 0 Å². The highest BCUT2D eigenvalue weighted by molar-refractivity contribution is 5.25. The summed E-state index contributed by atoms with van der Waals surface area (Å²) in [6.45, 7) is 5.00.